The highest BCUT2D eigenvalue weighted by Gasteiger charge is 2.24. The van der Waals surface area contributed by atoms with E-state index < -0.39 is 0 Å². The SMILES string of the molecule is CC1CCCN(c2snc(N)c2OC(C)C)C1. The molecule has 96 valence electrons. The van der Waals surface area contributed by atoms with Gasteiger partial charge < -0.3 is 15.4 Å². The Labute approximate surface area is 107 Å². The smallest absolute Gasteiger partial charge is 0.198 e. The summed E-state index contributed by atoms with van der Waals surface area (Å²) in [6.45, 7) is 8.48. The van der Waals surface area contributed by atoms with Gasteiger partial charge in [-0.25, -0.2) is 0 Å². The quantitative estimate of drug-likeness (QED) is 0.902. The molecule has 1 atom stereocenters. The number of aromatic nitrogens is 1. The maximum absolute atomic E-state index is 5.88. The Hall–Kier alpha value is -0.970. The van der Waals surface area contributed by atoms with Gasteiger partial charge in [0.1, 0.15) is 0 Å². The third-order valence-corrected chi connectivity index (χ3v) is 3.86. The van der Waals surface area contributed by atoms with Gasteiger partial charge >= 0.3 is 0 Å². The predicted molar refractivity (Wildman–Crippen MR) is 72.9 cm³/mol. The normalized spacial score (nSPS) is 20.9. The number of piperidine rings is 1. The fourth-order valence-electron chi connectivity index (χ4n) is 2.21. The number of nitrogen functional groups attached to an aromatic ring is 1. The predicted octanol–water partition coefficient (Wildman–Crippen LogP) is 2.75. The Balaban J connectivity index is 2.19. The summed E-state index contributed by atoms with van der Waals surface area (Å²) in [4.78, 5) is 2.36. The highest BCUT2D eigenvalue weighted by Crippen LogP contribution is 2.40. The van der Waals surface area contributed by atoms with Crippen LogP contribution in [0.25, 0.3) is 0 Å². The second kappa shape index (κ2) is 5.12. The van der Waals surface area contributed by atoms with Crippen molar-refractivity contribution in [1.29, 1.82) is 0 Å². The van der Waals surface area contributed by atoms with Crippen molar-refractivity contribution in [2.75, 3.05) is 23.7 Å². The van der Waals surface area contributed by atoms with Crippen LogP contribution >= 0.6 is 11.5 Å². The van der Waals surface area contributed by atoms with E-state index in [4.69, 9.17) is 10.5 Å². The minimum absolute atomic E-state index is 0.134. The summed E-state index contributed by atoms with van der Waals surface area (Å²) in [7, 11) is 0. The maximum atomic E-state index is 5.88. The maximum Gasteiger partial charge on any atom is 0.198 e. The molecule has 2 rings (SSSR count). The van der Waals surface area contributed by atoms with Crippen molar-refractivity contribution in [3.8, 4) is 5.75 Å². The lowest BCUT2D eigenvalue weighted by Gasteiger charge is -2.31. The van der Waals surface area contributed by atoms with Gasteiger partial charge in [0.25, 0.3) is 0 Å². The van der Waals surface area contributed by atoms with E-state index in [1.165, 1.54) is 24.4 Å². The average Bonchev–Trinajstić information content (AvgIpc) is 2.60. The molecule has 2 N–H and O–H groups in total. The summed E-state index contributed by atoms with van der Waals surface area (Å²) in [5.74, 6) is 2.04. The van der Waals surface area contributed by atoms with Crippen LogP contribution in [0, 0.1) is 5.92 Å². The lowest BCUT2D eigenvalue weighted by Crippen LogP contribution is -2.34. The zero-order chi connectivity index (χ0) is 12.4. The van der Waals surface area contributed by atoms with Gasteiger partial charge in [0.2, 0.25) is 0 Å². The number of anilines is 2. The largest absolute Gasteiger partial charge is 0.484 e. The van der Waals surface area contributed by atoms with Crippen molar-refractivity contribution in [3.63, 3.8) is 0 Å². The first-order valence-electron chi connectivity index (χ1n) is 6.24. The van der Waals surface area contributed by atoms with Crippen molar-refractivity contribution in [2.24, 2.45) is 5.92 Å². The number of hydrogen-bond donors (Lipinski definition) is 1. The molecular weight excluding hydrogens is 234 g/mol. The third kappa shape index (κ3) is 2.83. The molecule has 1 aliphatic heterocycles. The van der Waals surface area contributed by atoms with Crippen LogP contribution in [0.4, 0.5) is 10.8 Å². The van der Waals surface area contributed by atoms with Crippen LogP contribution in [0.3, 0.4) is 0 Å². The van der Waals surface area contributed by atoms with Gasteiger partial charge in [-0.15, -0.1) is 0 Å². The van der Waals surface area contributed by atoms with Crippen LogP contribution < -0.4 is 15.4 Å². The Bertz CT molecular complexity index is 378. The van der Waals surface area contributed by atoms with Crippen LogP contribution in [0.1, 0.15) is 33.6 Å². The number of hydrogen-bond acceptors (Lipinski definition) is 5. The average molecular weight is 255 g/mol. The first-order valence-corrected chi connectivity index (χ1v) is 7.02. The summed E-state index contributed by atoms with van der Waals surface area (Å²) in [5, 5.41) is 1.10. The Morgan fingerprint density at radius 2 is 2.29 bits per heavy atom. The molecule has 0 radical (unpaired) electrons. The highest BCUT2D eigenvalue weighted by molar-refractivity contribution is 7.11. The zero-order valence-corrected chi connectivity index (χ0v) is 11.6. The first-order chi connectivity index (χ1) is 8.08. The molecule has 1 saturated heterocycles. The first kappa shape index (κ1) is 12.5. The summed E-state index contributed by atoms with van der Waals surface area (Å²) >= 11 is 1.45. The molecule has 1 unspecified atom stereocenters. The zero-order valence-electron chi connectivity index (χ0n) is 10.8. The molecule has 1 aromatic rings. The lowest BCUT2D eigenvalue weighted by molar-refractivity contribution is 0.244. The molecular formula is C12H21N3OS. The van der Waals surface area contributed by atoms with Gasteiger partial charge in [0, 0.05) is 13.1 Å². The Morgan fingerprint density at radius 3 is 2.94 bits per heavy atom. The fraction of sp³-hybridized carbons (Fsp3) is 0.750. The van der Waals surface area contributed by atoms with E-state index in [1.807, 2.05) is 13.8 Å². The van der Waals surface area contributed by atoms with Crippen LogP contribution in [0.5, 0.6) is 5.75 Å². The van der Waals surface area contributed by atoms with E-state index in [1.54, 1.807) is 0 Å². The summed E-state index contributed by atoms with van der Waals surface area (Å²) < 4.78 is 10.0. The van der Waals surface area contributed by atoms with Crippen molar-refractivity contribution in [3.05, 3.63) is 0 Å². The van der Waals surface area contributed by atoms with E-state index in [-0.39, 0.29) is 6.10 Å². The minimum atomic E-state index is 0.134. The molecule has 0 bridgehead atoms. The Morgan fingerprint density at radius 1 is 1.53 bits per heavy atom. The number of nitrogens with two attached hydrogens (primary N) is 1. The van der Waals surface area contributed by atoms with Crippen LogP contribution in [-0.4, -0.2) is 23.6 Å². The third-order valence-electron chi connectivity index (χ3n) is 2.96. The molecule has 5 heteroatoms. The van der Waals surface area contributed by atoms with Gasteiger partial charge in [-0.2, -0.15) is 4.37 Å². The summed E-state index contributed by atoms with van der Waals surface area (Å²) in [6.07, 6.45) is 2.68. The second-order valence-corrected chi connectivity index (χ2v) is 5.81. The number of nitrogens with zero attached hydrogens (tertiary/aromatic N) is 2. The van der Waals surface area contributed by atoms with Gasteiger partial charge in [-0.1, -0.05) is 6.92 Å². The molecule has 0 aromatic carbocycles. The number of ether oxygens (including phenoxy) is 1. The Kier molecular flexibility index (Phi) is 3.76. The van der Waals surface area contributed by atoms with Crippen LogP contribution in [0.2, 0.25) is 0 Å². The minimum Gasteiger partial charge on any atom is -0.484 e. The molecule has 0 spiro atoms. The van der Waals surface area contributed by atoms with Gasteiger partial charge in [-0.05, 0) is 44.1 Å². The molecule has 0 aliphatic carbocycles. The van der Waals surface area contributed by atoms with Crippen molar-refractivity contribution in [1.82, 2.24) is 4.37 Å². The van der Waals surface area contributed by atoms with E-state index >= 15 is 0 Å². The molecule has 2 heterocycles. The van der Waals surface area contributed by atoms with Crippen molar-refractivity contribution >= 4 is 22.4 Å². The van der Waals surface area contributed by atoms with Crippen molar-refractivity contribution in [2.45, 2.75) is 39.7 Å². The fourth-order valence-corrected chi connectivity index (χ4v) is 2.99. The monoisotopic (exact) mass is 255 g/mol. The molecule has 4 nitrogen and oxygen atoms in total. The molecule has 1 fully saturated rings. The van der Waals surface area contributed by atoms with Crippen LogP contribution in [0.15, 0.2) is 0 Å². The molecule has 1 aliphatic rings. The van der Waals surface area contributed by atoms with E-state index in [9.17, 15) is 0 Å². The van der Waals surface area contributed by atoms with E-state index in [2.05, 4.69) is 16.2 Å². The lowest BCUT2D eigenvalue weighted by atomic mass is 10.0. The van der Waals surface area contributed by atoms with Crippen LogP contribution in [-0.2, 0) is 0 Å². The standard InChI is InChI=1S/C12H21N3OS/c1-8(2)16-10-11(13)14-17-12(10)15-6-4-5-9(3)7-15/h8-9H,4-7H2,1-3H3,(H2,13,14). The van der Waals surface area contributed by atoms with Gasteiger partial charge in [0.05, 0.1) is 6.10 Å². The second-order valence-electron chi connectivity index (χ2n) is 5.06. The summed E-state index contributed by atoms with van der Waals surface area (Å²) in [6, 6.07) is 0. The van der Waals surface area contributed by atoms with Gasteiger partial charge in [-0.3, -0.25) is 0 Å². The molecule has 1 aromatic heterocycles. The highest BCUT2D eigenvalue weighted by atomic mass is 32.1. The van der Waals surface area contributed by atoms with Crippen molar-refractivity contribution < 1.29 is 4.74 Å². The van der Waals surface area contributed by atoms with Gasteiger partial charge in [0.15, 0.2) is 16.6 Å². The van der Waals surface area contributed by atoms with E-state index in [0.717, 1.165) is 29.8 Å². The molecule has 0 saturated carbocycles. The topological polar surface area (TPSA) is 51.4 Å². The molecule has 17 heavy (non-hydrogen) atoms. The summed E-state index contributed by atoms with van der Waals surface area (Å²) in [5.41, 5.74) is 5.88. The number of rotatable bonds is 3. The molecule has 0 amide bonds. The van der Waals surface area contributed by atoms with E-state index in [0.29, 0.717) is 5.82 Å².